The average Bonchev–Trinajstić information content (AvgIpc) is 2.55. The number of nitrogens with zero attached hydrogens (tertiary/aromatic N) is 6. The summed E-state index contributed by atoms with van der Waals surface area (Å²) in [6.07, 6.45) is 0.0934. The van der Waals surface area contributed by atoms with Crippen LogP contribution < -0.4 is 16.4 Å². The molecule has 2 aliphatic rings. The van der Waals surface area contributed by atoms with Gasteiger partial charge in [0.2, 0.25) is 5.91 Å². The molecule has 0 spiro atoms. The van der Waals surface area contributed by atoms with Crippen molar-refractivity contribution in [2.75, 3.05) is 10.6 Å². The van der Waals surface area contributed by atoms with Crippen LogP contribution in [0.3, 0.4) is 0 Å². The number of hydrogen-bond acceptors (Lipinski definition) is 16. The molecule has 8 aromatic rings. The van der Waals surface area contributed by atoms with Crippen molar-refractivity contribution in [1.82, 2.24) is 29.9 Å². The van der Waals surface area contributed by atoms with Crippen LogP contribution in [0, 0.1) is 13.8 Å². The van der Waals surface area contributed by atoms with Crippen LogP contribution in [0.4, 0.5) is 49.6 Å². The van der Waals surface area contributed by atoms with Crippen LogP contribution in [0.15, 0.2) is 110 Å². The van der Waals surface area contributed by atoms with Gasteiger partial charge in [-0.3, -0.25) is 14.4 Å². The first kappa shape index (κ1) is 60.9. The number of thiazole rings is 2. The second-order valence-corrected chi connectivity index (χ2v) is 20.9. The molecule has 2 unspecified atom stereocenters. The monoisotopic (exact) mass is 1170 g/mol. The first-order chi connectivity index (χ1) is 38.5. The number of aliphatic hydroxyl groups is 2. The number of rotatable bonds is 10. The Labute approximate surface area is 471 Å². The highest BCUT2D eigenvalue weighted by Crippen LogP contribution is 2.46. The van der Waals surface area contributed by atoms with E-state index in [9.17, 15) is 51.3 Å². The fourth-order valence-electron chi connectivity index (χ4n) is 8.97. The van der Waals surface area contributed by atoms with Crippen molar-refractivity contribution in [3.05, 3.63) is 175 Å². The smallest absolute Gasteiger partial charge is 0.416 e. The quantitative estimate of drug-likeness (QED) is 0.0590. The number of benzene rings is 2. The molecule has 0 bridgehead atoms. The van der Waals surface area contributed by atoms with E-state index in [0.29, 0.717) is 91.6 Å². The normalized spacial score (nSPS) is 16.2. The van der Waals surface area contributed by atoms with Gasteiger partial charge in [-0.05, 0) is 159 Å². The van der Waals surface area contributed by atoms with Crippen molar-refractivity contribution < 1.29 is 71.1 Å². The predicted molar refractivity (Wildman–Crippen MR) is 292 cm³/mol. The molecule has 0 aliphatic heterocycles. The molecule has 1 amide bonds. The maximum atomic E-state index is 13.1. The molecule has 0 saturated carbocycles. The van der Waals surface area contributed by atoms with Crippen molar-refractivity contribution in [1.29, 1.82) is 0 Å². The third-order valence-corrected chi connectivity index (χ3v) is 14.8. The highest BCUT2D eigenvalue weighted by molar-refractivity contribution is 7.15. The lowest BCUT2D eigenvalue weighted by Crippen LogP contribution is -2.32. The van der Waals surface area contributed by atoms with Crippen LogP contribution in [0.25, 0.3) is 21.1 Å². The van der Waals surface area contributed by atoms with Crippen molar-refractivity contribution in [3.8, 4) is 21.1 Å². The Morgan fingerprint density at radius 3 is 1.33 bits per heavy atom. The van der Waals surface area contributed by atoms with Crippen LogP contribution in [-0.4, -0.2) is 79.3 Å². The molecule has 82 heavy (non-hydrogen) atoms. The van der Waals surface area contributed by atoms with Crippen LogP contribution in [0.1, 0.15) is 115 Å². The Morgan fingerprint density at radius 1 is 0.561 bits per heavy atom. The van der Waals surface area contributed by atoms with E-state index >= 15 is 0 Å². The van der Waals surface area contributed by atoms with Crippen molar-refractivity contribution in [3.63, 3.8) is 0 Å². The average molecular weight is 1170 g/mol. The van der Waals surface area contributed by atoms with Gasteiger partial charge in [0.05, 0.1) is 37.8 Å². The summed E-state index contributed by atoms with van der Waals surface area (Å²) in [5.74, 6) is -2.53. The number of anilines is 4. The van der Waals surface area contributed by atoms with Gasteiger partial charge in [-0.1, -0.05) is 12.1 Å². The lowest BCUT2D eigenvalue weighted by Gasteiger charge is -2.33. The molecule has 0 fully saturated rings. The number of carbonyl (C=O) groups is 4. The summed E-state index contributed by atoms with van der Waals surface area (Å²) in [6, 6.07) is 20.5. The minimum Gasteiger partial charge on any atom is -0.481 e. The highest BCUT2D eigenvalue weighted by atomic mass is 32.1. The van der Waals surface area contributed by atoms with E-state index in [4.69, 9.17) is 25.5 Å². The number of carboxylic acids is 3. The standard InChI is InChI=1S/C26H22F3N5O2S.C26H21F3N4O3S.2C2H4O2/c1-14-9-19(33-22(10-14)34-21-12-17(6-8-31-21)26(27,28)29)20-13-32-24(37-20)25(36)7-2-3-15-11-16(23(30)35)4-5-18(15)25;1-14-9-19(32-22(10-14)33-21-12-17(6-8-30-21)26(27,28)29)20-13-31-24(37-20)25(36)7-2-3-15-11-16(23(34)35)4-5-18(15)25;2*1-2(3)4/h4-6,8-13,36H,2-3,7H2,1H3,(H2,30,35)(H,31,33,34);4-6,8-13,36H,2-3,7H2,1H3,(H,34,35)(H,30,32,33);2*1H3,(H,3,4). The summed E-state index contributed by atoms with van der Waals surface area (Å²) in [6.45, 7) is 5.85. The molecular weight excluding hydrogens is 1120 g/mol. The molecule has 26 heteroatoms. The number of aromatic carboxylic acids is 1. The van der Waals surface area contributed by atoms with E-state index in [1.54, 1.807) is 54.9 Å². The fraction of sp³-hybridized carbons (Fsp3) is 0.250. The van der Waals surface area contributed by atoms with Crippen LogP contribution in [0.2, 0.25) is 0 Å². The number of hydrogen-bond donors (Lipinski definition) is 8. The Balaban J connectivity index is 0.000000209. The Kier molecular flexibility index (Phi) is 18.5. The zero-order chi connectivity index (χ0) is 59.9. The number of halogens is 6. The molecule has 0 saturated heterocycles. The van der Waals surface area contributed by atoms with Crippen molar-refractivity contribution in [2.45, 2.75) is 89.8 Å². The van der Waals surface area contributed by atoms with E-state index in [1.807, 2.05) is 26.0 Å². The number of pyridine rings is 4. The van der Waals surface area contributed by atoms with E-state index in [2.05, 4.69) is 40.5 Å². The number of fused-ring (bicyclic) bond motifs is 2. The van der Waals surface area contributed by atoms with E-state index in [1.165, 1.54) is 28.7 Å². The number of amides is 1. The Hall–Kier alpha value is -8.72. The third kappa shape index (κ3) is 15.0. The first-order valence-electron chi connectivity index (χ1n) is 24.7. The molecule has 2 aliphatic carbocycles. The number of aromatic nitrogens is 6. The number of carboxylic acid groups (broad SMARTS) is 3. The largest absolute Gasteiger partial charge is 0.481 e. The van der Waals surface area contributed by atoms with Crippen LogP contribution in [-0.2, 0) is 46.0 Å². The number of nitrogens with two attached hydrogens (primary N) is 1. The number of nitrogens with one attached hydrogen (secondary N) is 2. The number of aryl methyl sites for hydroxylation is 4. The second kappa shape index (κ2) is 25.0. The van der Waals surface area contributed by atoms with Gasteiger partial charge in [0.1, 0.15) is 44.5 Å². The number of carbonyl (C=O) groups excluding carboxylic acids is 1. The lowest BCUT2D eigenvalue weighted by molar-refractivity contribution is -0.138. The summed E-state index contributed by atoms with van der Waals surface area (Å²) < 4.78 is 78.4. The molecule has 9 N–H and O–H groups in total. The Morgan fingerprint density at radius 2 is 0.951 bits per heavy atom. The molecule has 18 nitrogen and oxygen atoms in total. The SMILES string of the molecule is CC(=O)O.CC(=O)O.Cc1cc(Nc2cc(C(F)(F)F)ccn2)nc(-c2cnc(C3(O)CCCc4cc(C(=O)O)ccc43)s2)c1.Cc1cc(Nc2cc(C(F)(F)F)ccn2)nc(-c2cnc(C3(O)CCCc4cc(C(N)=O)ccc43)s2)c1. The minimum absolute atomic E-state index is 0.0118. The van der Waals surface area contributed by atoms with Crippen LogP contribution >= 0.6 is 22.7 Å². The summed E-state index contributed by atoms with van der Waals surface area (Å²) >= 11 is 2.55. The molecule has 6 heterocycles. The van der Waals surface area contributed by atoms with Gasteiger partial charge < -0.3 is 41.9 Å². The number of primary amides is 1. The van der Waals surface area contributed by atoms with E-state index in [0.717, 1.165) is 79.2 Å². The molecule has 2 atom stereocenters. The topological polar surface area (TPSA) is 297 Å². The molecular formula is C56H51F6N9O9S2. The van der Waals surface area contributed by atoms with Gasteiger partial charge in [-0.15, -0.1) is 22.7 Å². The molecule has 0 radical (unpaired) electrons. The summed E-state index contributed by atoms with van der Waals surface area (Å²) in [7, 11) is 0. The fourth-order valence-corrected chi connectivity index (χ4v) is 11.0. The minimum atomic E-state index is -4.49. The first-order valence-corrected chi connectivity index (χ1v) is 26.3. The molecule has 428 valence electrons. The lowest BCUT2D eigenvalue weighted by atomic mass is 9.79. The molecule has 2 aromatic carbocycles. The van der Waals surface area contributed by atoms with Gasteiger partial charge in [-0.2, -0.15) is 26.3 Å². The third-order valence-electron chi connectivity index (χ3n) is 12.5. The van der Waals surface area contributed by atoms with E-state index in [-0.39, 0.29) is 17.2 Å². The second-order valence-electron chi connectivity index (χ2n) is 18.9. The molecule has 6 aromatic heterocycles. The zero-order valence-electron chi connectivity index (χ0n) is 43.8. The summed E-state index contributed by atoms with van der Waals surface area (Å²) in [4.78, 5) is 68.3. The zero-order valence-corrected chi connectivity index (χ0v) is 45.5. The summed E-state index contributed by atoms with van der Waals surface area (Å²) in [5, 5.41) is 54.1. The van der Waals surface area contributed by atoms with Gasteiger partial charge in [0.15, 0.2) is 0 Å². The van der Waals surface area contributed by atoms with Gasteiger partial charge in [-0.25, -0.2) is 34.7 Å². The van der Waals surface area contributed by atoms with Gasteiger partial charge >= 0.3 is 18.3 Å². The number of aliphatic carboxylic acids is 2. The maximum absolute atomic E-state index is 13.1. The van der Waals surface area contributed by atoms with Crippen molar-refractivity contribution >= 4 is 69.8 Å². The Bertz CT molecular complexity index is 3440. The van der Waals surface area contributed by atoms with Gasteiger partial charge in [0, 0.05) is 44.2 Å². The van der Waals surface area contributed by atoms with Crippen molar-refractivity contribution in [2.24, 2.45) is 5.73 Å². The van der Waals surface area contributed by atoms with Crippen LogP contribution in [0.5, 0.6) is 0 Å². The van der Waals surface area contributed by atoms with Gasteiger partial charge in [0.25, 0.3) is 11.9 Å². The predicted octanol–water partition coefficient (Wildman–Crippen LogP) is 11.5. The summed E-state index contributed by atoms with van der Waals surface area (Å²) in [5.41, 5.74) is 7.38. The number of alkyl halides is 6. The maximum Gasteiger partial charge on any atom is 0.416 e. The molecule has 10 rings (SSSR count). The highest BCUT2D eigenvalue weighted by Gasteiger charge is 2.41. The van der Waals surface area contributed by atoms with E-state index < -0.39 is 58.5 Å².